The van der Waals surface area contributed by atoms with Crippen LogP contribution in [0.5, 0.6) is 0 Å². The fourth-order valence-corrected chi connectivity index (χ4v) is 2.87. The van der Waals surface area contributed by atoms with Crippen molar-refractivity contribution in [3.05, 3.63) is 46.0 Å². The Hall–Kier alpha value is -2.74. The Bertz CT molecular complexity index is 864. The van der Waals surface area contributed by atoms with E-state index in [4.69, 9.17) is 5.11 Å². The molecular weight excluding hydrogens is 317 g/mol. The number of rotatable bonds is 3. The molecule has 0 bridgehead atoms. The number of aliphatic hydroxyl groups excluding tert-OH is 1. The van der Waals surface area contributed by atoms with Gasteiger partial charge < -0.3 is 20.3 Å². The van der Waals surface area contributed by atoms with Crippen molar-refractivity contribution in [2.75, 3.05) is 19.7 Å². The van der Waals surface area contributed by atoms with E-state index in [9.17, 15) is 18.8 Å². The second kappa shape index (κ2) is 6.40. The number of fused-ring (bicyclic) bond motifs is 1. The molecule has 0 spiro atoms. The zero-order chi connectivity index (χ0) is 17.3. The van der Waals surface area contributed by atoms with Crippen molar-refractivity contribution in [1.82, 2.24) is 15.2 Å². The maximum absolute atomic E-state index is 13.4. The van der Waals surface area contributed by atoms with Crippen LogP contribution in [0.15, 0.2) is 29.2 Å². The normalized spacial score (nSPS) is 17.8. The summed E-state index contributed by atoms with van der Waals surface area (Å²) in [5.41, 5.74) is -0.339. The summed E-state index contributed by atoms with van der Waals surface area (Å²) in [5, 5.41) is 11.8. The van der Waals surface area contributed by atoms with Gasteiger partial charge in [0, 0.05) is 36.8 Å². The third-order valence-electron chi connectivity index (χ3n) is 4.07. The van der Waals surface area contributed by atoms with Gasteiger partial charge in [0.25, 0.3) is 5.91 Å². The number of hydrogen-bond acceptors (Lipinski definition) is 4. The van der Waals surface area contributed by atoms with Crippen molar-refractivity contribution in [2.45, 2.75) is 12.5 Å². The number of aliphatic hydroxyl groups is 1. The molecule has 2 heterocycles. The number of amides is 2. The monoisotopic (exact) mass is 333 g/mol. The minimum atomic E-state index is -0.834. The van der Waals surface area contributed by atoms with Crippen LogP contribution in [-0.4, -0.2) is 52.5 Å². The number of aromatic nitrogens is 1. The van der Waals surface area contributed by atoms with E-state index in [0.717, 1.165) is 6.07 Å². The number of hydrogen-bond donors (Lipinski definition) is 3. The van der Waals surface area contributed by atoms with Gasteiger partial charge >= 0.3 is 0 Å². The molecule has 3 rings (SSSR count). The molecule has 0 aliphatic carbocycles. The van der Waals surface area contributed by atoms with Crippen molar-refractivity contribution in [3.8, 4) is 0 Å². The molecule has 1 unspecified atom stereocenters. The summed E-state index contributed by atoms with van der Waals surface area (Å²) in [6.07, 6.45) is 1.35. The smallest absolute Gasteiger partial charge is 0.260 e. The lowest BCUT2D eigenvalue weighted by Gasteiger charge is -2.34. The van der Waals surface area contributed by atoms with Gasteiger partial charge in [-0.3, -0.25) is 14.4 Å². The number of carbonyl (C=O) groups is 2. The Kier molecular flexibility index (Phi) is 4.30. The SMILES string of the molecule is O=C1NCCN(C(=O)c2c[nH]c3ccc(F)cc3c2=O)C1CCO. The molecule has 126 valence electrons. The number of pyridine rings is 1. The first-order valence-electron chi connectivity index (χ1n) is 7.53. The Morgan fingerprint density at radius 2 is 2.17 bits per heavy atom. The molecule has 1 fully saturated rings. The van der Waals surface area contributed by atoms with E-state index in [1.807, 2.05) is 0 Å². The molecule has 0 saturated carbocycles. The molecule has 8 heteroatoms. The molecule has 3 N–H and O–H groups in total. The minimum absolute atomic E-state index is 0.0704. The molecule has 1 atom stereocenters. The number of piperazine rings is 1. The Morgan fingerprint density at radius 3 is 2.92 bits per heavy atom. The minimum Gasteiger partial charge on any atom is -0.396 e. The van der Waals surface area contributed by atoms with Gasteiger partial charge in [-0.15, -0.1) is 0 Å². The van der Waals surface area contributed by atoms with Gasteiger partial charge in [-0.25, -0.2) is 4.39 Å². The van der Waals surface area contributed by atoms with E-state index < -0.39 is 23.2 Å². The third kappa shape index (κ3) is 2.76. The highest BCUT2D eigenvalue weighted by atomic mass is 19.1. The van der Waals surface area contributed by atoms with Crippen molar-refractivity contribution >= 4 is 22.7 Å². The van der Waals surface area contributed by atoms with E-state index in [1.54, 1.807) is 0 Å². The molecule has 2 aromatic rings. The second-order valence-corrected chi connectivity index (χ2v) is 5.54. The van der Waals surface area contributed by atoms with Gasteiger partial charge in [0.2, 0.25) is 11.3 Å². The molecule has 0 radical (unpaired) electrons. The van der Waals surface area contributed by atoms with E-state index in [-0.39, 0.29) is 43.0 Å². The Balaban J connectivity index is 2.03. The number of H-pyrrole nitrogens is 1. The van der Waals surface area contributed by atoms with Gasteiger partial charge in [-0.05, 0) is 24.6 Å². The maximum Gasteiger partial charge on any atom is 0.260 e. The van der Waals surface area contributed by atoms with E-state index in [1.165, 1.54) is 23.2 Å². The van der Waals surface area contributed by atoms with Crippen molar-refractivity contribution < 1.29 is 19.1 Å². The number of halogens is 1. The zero-order valence-corrected chi connectivity index (χ0v) is 12.7. The molecule has 7 nitrogen and oxygen atoms in total. The van der Waals surface area contributed by atoms with Crippen molar-refractivity contribution in [1.29, 1.82) is 0 Å². The van der Waals surface area contributed by atoms with Gasteiger partial charge in [-0.2, -0.15) is 0 Å². The molecule has 1 aromatic heterocycles. The van der Waals surface area contributed by atoms with E-state index in [0.29, 0.717) is 5.52 Å². The highest BCUT2D eigenvalue weighted by Gasteiger charge is 2.34. The quantitative estimate of drug-likeness (QED) is 0.735. The van der Waals surface area contributed by atoms with Gasteiger partial charge in [0.05, 0.1) is 0 Å². The molecule has 1 saturated heterocycles. The molecule has 2 amide bonds. The summed E-state index contributed by atoms with van der Waals surface area (Å²) in [7, 11) is 0. The van der Waals surface area contributed by atoms with Crippen molar-refractivity contribution in [2.24, 2.45) is 0 Å². The van der Waals surface area contributed by atoms with Gasteiger partial charge in [0.15, 0.2) is 0 Å². The van der Waals surface area contributed by atoms with Crippen LogP contribution in [0.1, 0.15) is 16.8 Å². The molecule has 1 aromatic carbocycles. The maximum atomic E-state index is 13.4. The fraction of sp³-hybridized carbons (Fsp3) is 0.312. The largest absolute Gasteiger partial charge is 0.396 e. The number of nitrogens with zero attached hydrogens (tertiary/aromatic N) is 1. The summed E-state index contributed by atoms with van der Waals surface area (Å²) in [6.45, 7) is 0.240. The van der Waals surface area contributed by atoms with Gasteiger partial charge in [-0.1, -0.05) is 0 Å². The average Bonchev–Trinajstić information content (AvgIpc) is 2.57. The lowest BCUT2D eigenvalue weighted by molar-refractivity contribution is -0.128. The Labute approximate surface area is 136 Å². The summed E-state index contributed by atoms with van der Waals surface area (Å²) in [4.78, 5) is 41.2. The third-order valence-corrected chi connectivity index (χ3v) is 4.07. The molecule has 1 aliphatic rings. The first-order chi connectivity index (χ1) is 11.5. The first kappa shape index (κ1) is 16.1. The van der Waals surface area contributed by atoms with Crippen molar-refractivity contribution in [3.63, 3.8) is 0 Å². The molecular formula is C16H16FN3O4. The van der Waals surface area contributed by atoms with Crippen LogP contribution in [0.2, 0.25) is 0 Å². The number of nitrogens with one attached hydrogen (secondary N) is 2. The van der Waals surface area contributed by atoms with E-state index in [2.05, 4.69) is 10.3 Å². The molecule has 24 heavy (non-hydrogen) atoms. The summed E-state index contributed by atoms with van der Waals surface area (Å²) < 4.78 is 13.4. The fourth-order valence-electron chi connectivity index (χ4n) is 2.87. The van der Waals surface area contributed by atoms with Crippen LogP contribution in [0.3, 0.4) is 0 Å². The van der Waals surface area contributed by atoms with E-state index >= 15 is 0 Å². The lowest BCUT2D eigenvalue weighted by Crippen LogP contribution is -2.57. The highest BCUT2D eigenvalue weighted by Crippen LogP contribution is 2.15. The number of carbonyl (C=O) groups excluding carboxylic acids is 2. The summed E-state index contributed by atoms with van der Waals surface area (Å²) in [5.74, 6) is -1.56. The predicted molar refractivity (Wildman–Crippen MR) is 84.1 cm³/mol. The van der Waals surface area contributed by atoms with Gasteiger partial charge in [0.1, 0.15) is 17.4 Å². The van der Waals surface area contributed by atoms with Crippen LogP contribution in [0.25, 0.3) is 10.9 Å². The highest BCUT2D eigenvalue weighted by molar-refractivity contribution is 6.00. The van der Waals surface area contributed by atoms with Crippen LogP contribution >= 0.6 is 0 Å². The Morgan fingerprint density at radius 1 is 1.38 bits per heavy atom. The topological polar surface area (TPSA) is 103 Å². The second-order valence-electron chi connectivity index (χ2n) is 5.54. The van der Waals surface area contributed by atoms with Crippen LogP contribution < -0.4 is 10.7 Å². The standard InChI is InChI=1S/C16H16FN3O4/c17-9-1-2-12-10(7-9)14(22)11(8-19-12)16(24)20-5-4-18-15(23)13(20)3-6-21/h1-2,7-8,13,21H,3-6H2,(H,18,23)(H,19,22). The van der Waals surface area contributed by atoms with Crippen LogP contribution in [0.4, 0.5) is 4.39 Å². The van der Waals surface area contributed by atoms with Crippen LogP contribution in [0, 0.1) is 5.82 Å². The average molecular weight is 333 g/mol. The summed E-state index contributed by atoms with van der Waals surface area (Å²) >= 11 is 0. The number of benzene rings is 1. The first-order valence-corrected chi connectivity index (χ1v) is 7.53. The molecule has 1 aliphatic heterocycles. The summed E-state index contributed by atoms with van der Waals surface area (Å²) in [6, 6.07) is 2.87. The van der Waals surface area contributed by atoms with Crippen LogP contribution in [-0.2, 0) is 4.79 Å². The lowest BCUT2D eigenvalue weighted by atomic mass is 10.1. The zero-order valence-electron chi connectivity index (χ0n) is 12.7. The predicted octanol–water partition coefficient (Wildman–Crippen LogP) is -0.00980. The number of aromatic amines is 1.